The van der Waals surface area contributed by atoms with Gasteiger partial charge in [0.25, 0.3) is 0 Å². The Labute approximate surface area is 374 Å². The molecule has 0 aliphatic rings. The maximum absolute atomic E-state index is 5.14. The van der Waals surface area contributed by atoms with Gasteiger partial charge in [0.05, 0.1) is 32.5 Å². The molecule has 7 heteroatoms. The molecule has 9 aromatic carbocycles. The van der Waals surface area contributed by atoms with E-state index < -0.39 is 0 Å². The molecule has 0 unspecified atom stereocenters. The second-order valence-electron chi connectivity index (χ2n) is 16.3. The Kier molecular flexibility index (Phi) is 7.66. The van der Waals surface area contributed by atoms with Crippen LogP contribution in [0.4, 0.5) is 0 Å². The minimum Gasteiger partial charge on any atom is -0.309 e. The van der Waals surface area contributed by atoms with Gasteiger partial charge in [0, 0.05) is 79.6 Å². The molecule has 0 saturated carbocycles. The molecule has 0 amide bonds. The standard InChI is InChI=1S/C57H33N5S2/c1-3-15-34(16-4-1)55-58-56(35-17-5-2-6-18-35)60-57(59-55)42-24-13-22-40-41-23-14-27-49(54(41)64-53(40)42)62-47-26-11-8-19-37(47)43-31-36(29-30-48(43)62)61-46-25-10-7-20-38(46)44-33-52-45(32-50(44)61)39-21-9-12-28-51(39)63-52/h1-33H. The molecule has 14 aromatic rings. The third kappa shape index (κ3) is 5.26. The van der Waals surface area contributed by atoms with Gasteiger partial charge < -0.3 is 9.13 Å². The molecule has 0 bridgehead atoms. The Morgan fingerprint density at radius 3 is 1.61 bits per heavy atom. The van der Waals surface area contributed by atoms with Gasteiger partial charge in [0.2, 0.25) is 0 Å². The molecule has 0 saturated heterocycles. The van der Waals surface area contributed by atoms with Gasteiger partial charge >= 0.3 is 0 Å². The lowest BCUT2D eigenvalue weighted by atomic mass is 10.1. The summed E-state index contributed by atoms with van der Waals surface area (Å²) in [6.45, 7) is 0. The van der Waals surface area contributed by atoms with Crippen LogP contribution in [-0.2, 0) is 0 Å². The maximum atomic E-state index is 5.14. The summed E-state index contributed by atoms with van der Waals surface area (Å²) in [6.07, 6.45) is 0. The molecule has 0 atom stereocenters. The molecule has 5 nitrogen and oxygen atoms in total. The number of benzene rings is 9. The van der Waals surface area contributed by atoms with Crippen LogP contribution in [0.1, 0.15) is 0 Å². The highest BCUT2D eigenvalue weighted by atomic mass is 32.1. The van der Waals surface area contributed by atoms with E-state index in [1.165, 1.54) is 79.3 Å². The summed E-state index contributed by atoms with van der Waals surface area (Å²) in [5.41, 5.74) is 9.96. The molecular weight excluding hydrogens is 819 g/mol. The molecule has 0 radical (unpaired) electrons. The van der Waals surface area contributed by atoms with E-state index in [9.17, 15) is 0 Å². The average molecular weight is 852 g/mol. The molecular formula is C57H33N5S2. The number of aromatic nitrogens is 5. The quantitative estimate of drug-likeness (QED) is 0.173. The summed E-state index contributed by atoms with van der Waals surface area (Å²) in [6, 6.07) is 71.9. The zero-order valence-corrected chi connectivity index (χ0v) is 35.7. The lowest BCUT2D eigenvalue weighted by Crippen LogP contribution is -2.00. The van der Waals surface area contributed by atoms with Gasteiger partial charge in [-0.15, -0.1) is 22.7 Å². The summed E-state index contributed by atoms with van der Waals surface area (Å²) in [5, 5.41) is 9.98. The van der Waals surface area contributed by atoms with Gasteiger partial charge in [-0.2, -0.15) is 0 Å². The van der Waals surface area contributed by atoms with Crippen molar-refractivity contribution in [2.45, 2.75) is 0 Å². The minimum absolute atomic E-state index is 0.655. The summed E-state index contributed by atoms with van der Waals surface area (Å²) in [5.74, 6) is 1.97. The van der Waals surface area contributed by atoms with Gasteiger partial charge in [0.1, 0.15) is 0 Å². The first-order chi connectivity index (χ1) is 31.7. The number of hydrogen-bond donors (Lipinski definition) is 0. The number of thiophene rings is 2. The van der Waals surface area contributed by atoms with E-state index >= 15 is 0 Å². The highest BCUT2D eigenvalue weighted by Gasteiger charge is 2.22. The number of fused-ring (bicyclic) bond motifs is 12. The lowest BCUT2D eigenvalue weighted by molar-refractivity contribution is 1.08. The fourth-order valence-electron chi connectivity index (χ4n) is 9.91. The van der Waals surface area contributed by atoms with Crippen LogP contribution < -0.4 is 0 Å². The van der Waals surface area contributed by atoms with Crippen LogP contribution in [-0.4, -0.2) is 24.1 Å². The molecule has 64 heavy (non-hydrogen) atoms. The highest BCUT2D eigenvalue weighted by molar-refractivity contribution is 7.27. The van der Waals surface area contributed by atoms with Crippen molar-refractivity contribution in [1.82, 2.24) is 24.1 Å². The average Bonchev–Trinajstić information content (AvgIpc) is 4.11. The van der Waals surface area contributed by atoms with E-state index in [1.807, 2.05) is 59.1 Å². The molecule has 5 aromatic heterocycles. The highest BCUT2D eigenvalue weighted by Crippen LogP contribution is 2.45. The number of nitrogens with zero attached hydrogens (tertiary/aromatic N) is 5. The van der Waals surface area contributed by atoms with Gasteiger partial charge in [0.15, 0.2) is 17.5 Å². The normalized spacial score (nSPS) is 12.1. The smallest absolute Gasteiger partial charge is 0.165 e. The number of para-hydroxylation sites is 2. The van der Waals surface area contributed by atoms with Crippen LogP contribution in [0, 0.1) is 0 Å². The van der Waals surface area contributed by atoms with E-state index in [-0.39, 0.29) is 0 Å². The van der Waals surface area contributed by atoms with Crippen LogP contribution in [0.15, 0.2) is 200 Å². The summed E-state index contributed by atoms with van der Waals surface area (Å²) >= 11 is 3.68. The van der Waals surface area contributed by atoms with Crippen molar-refractivity contribution < 1.29 is 0 Å². The molecule has 0 spiro atoms. The van der Waals surface area contributed by atoms with Crippen molar-refractivity contribution in [1.29, 1.82) is 0 Å². The Morgan fingerprint density at radius 2 is 0.875 bits per heavy atom. The molecule has 298 valence electrons. The Hall–Kier alpha value is -7.97. The lowest BCUT2D eigenvalue weighted by Gasteiger charge is -2.11. The predicted molar refractivity (Wildman–Crippen MR) is 271 cm³/mol. The minimum atomic E-state index is 0.655. The monoisotopic (exact) mass is 851 g/mol. The van der Waals surface area contributed by atoms with Crippen LogP contribution in [0.3, 0.4) is 0 Å². The molecule has 14 rings (SSSR count). The Balaban J connectivity index is 0.977. The molecule has 5 heterocycles. The van der Waals surface area contributed by atoms with Gasteiger partial charge in [-0.25, -0.2) is 15.0 Å². The van der Waals surface area contributed by atoms with Gasteiger partial charge in [-0.05, 0) is 60.7 Å². The van der Waals surface area contributed by atoms with E-state index in [4.69, 9.17) is 15.0 Å². The van der Waals surface area contributed by atoms with Crippen molar-refractivity contribution in [3.63, 3.8) is 0 Å². The first kappa shape index (κ1) is 35.6. The fourth-order valence-corrected chi connectivity index (χ4v) is 12.4. The Morgan fingerprint density at radius 1 is 0.312 bits per heavy atom. The molecule has 0 aliphatic carbocycles. The van der Waals surface area contributed by atoms with Crippen LogP contribution >= 0.6 is 22.7 Å². The topological polar surface area (TPSA) is 48.5 Å². The van der Waals surface area contributed by atoms with Gasteiger partial charge in [-0.1, -0.05) is 140 Å². The number of hydrogen-bond acceptors (Lipinski definition) is 5. The van der Waals surface area contributed by atoms with Crippen LogP contribution in [0.5, 0.6) is 0 Å². The second-order valence-corrected chi connectivity index (χ2v) is 18.5. The van der Waals surface area contributed by atoms with E-state index in [0.29, 0.717) is 17.5 Å². The Bertz CT molecular complexity index is 4140. The zero-order valence-electron chi connectivity index (χ0n) is 34.1. The SMILES string of the molecule is c1ccc(-c2nc(-c3ccccc3)nc(-c3cccc4c3sc3c(-n5c6ccccc6c6cc(-n7c8ccccc8c8cc9sc%10ccccc%10c9cc87)ccc65)cccc34)n2)cc1. The molecule has 0 aliphatic heterocycles. The third-order valence-electron chi connectivity index (χ3n) is 12.8. The first-order valence-electron chi connectivity index (χ1n) is 21.4. The fraction of sp³-hybridized carbons (Fsp3) is 0. The third-order valence-corrected chi connectivity index (χ3v) is 15.2. The maximum Gasteiger partial charge on any atom is 0.165 e. The van der Waals surface area contributed by atoms with Gasteiger partial charge in [-0.3, -0.25) is 0 Å². The molecule has 0 N–H and O–H groups in total. The van der Waals surface area contributed by atoms with Crippen molar-refractivity contribution in [2.75, 3.05) is 0 Å². The van der Waals surface area contributed by atoms with Crippen molar-refractivity contribution in [2.24, 2.45) is 0 Å². The van der Waals surface area contributed by atoms with E-state index in [0.717, 1.165) is 32.8 Å². The van der Waals surface area contributed by atoms with Crippen LogP contribution in [0.25, 0.3) is 129 Å². The summed E-state index contributed by atoms with van der Waals surface area (Å²) < 4.78 is 9.93. The predicted octanol–water partition coefficient (Wildman–Crippen LogP) is 15.8. The largest absolute Gasteiger partial charge is 0.309 e. The zero-order chi connectivity index (χ0) is 41.9. The van der Waals surface area contributed by atoms with Crippen molar-refractivity contribution in [3.8, 4) is 45.5 Å². The van der Waals surface area contributed by atoms with Crippen molar-refractivity contribution in [3.05, 3.63) is 200 Å². The van der Waals surface area contributed by atoms with E-state index in [2.05, 4.69) is 173 Å². The second kappa shape index (κ2) is 13.8. The van der Waals surface area contributed by atoms with Crippen molar-refractivity contribution >= 4 is 107 Å². The molecule has 0 fully saturated rings. The van der Waals surface area contributed by atoms with E-state index in [1.54, 1.807) is 0 Å². The summed E-state index contributed by atoms with van der Waals surface area (Å²) in [4.78, 5) is 15.3. The van der Waals surface area contributed by atoms with Crippen LogP contribution in [0.2, 0.25) is 0 Å². The number of rotatable bonds is 5. The summed E-state index contributed by atoms with van der Waals surface area (Å²) in [7, 11) is 0. The first-order valence-corrected chi connectivity index (χ1v) is 23.1.